The highest BCUT2D eigenvalue weighted by Crippen LogP contribution is 2.40. The first-order valence-corrected chi connectivity index (χ1v) is 13.5. The van der Waals surface area contributed by atoms with Crippen LogP contribution in [0.15, 0.2) is 41.2 Å². The predicted molar refractivity (Wildman–Crippen MR) is 149 cm³/mol. The van der Waals surface area contributed by atoms with Gasteiger partial charge in [0.25, 0.3) is 5.56 Å². The Balaban J connectivity index is 1.48. The fourth-order valence-corrected chi connectivity index (χ4v) is 5.31. The highest BCUT2D eigenvalue weighted by atomic mass is 35.5. The molecule has 1 aliphatic carbocycles. The molecule has 0 bridgehead atoms. The van der Waals surface area contributed by atoms with Crippen molar-refractivity contribution in [1.29, 1.82) is 0 Å². The minimum absolute atomic E-state index is 0.101. The molecule has 1 aromatic heterocycles. The summed E-state index contributed by atoms with van der Waals surface area (Å²) in [6, 6.07) is 11.0. The van der Waals surface area contributed by atoms with Gasteiger partial charge in [0.2, 0.25) is 5.88 Å². The van der Waals surface area contributed by atoms with Gasteiger partial charge in [-0.3, -0.25) is 4.79 Å². The van der Waals surface area contributed by atoms with Crippen molar-refractivity contribution < 1.29 is 18.8 Å². The molecule has 0 saturated carbocycles. The number of nitrogens with zero attached hydrogens (tertiary/aromatic N) is 2. The van der Waals surface area contributed by atoms with E-state index in [0.29, 0.717) is 40.8 Å². The van der Waals surface area contributed by atoms with Crippen LogP contribution in [0.1, 0.15) is 57.2 Å². The number of benzene rings is 2. The van der Waals surface area contributed by atoms with Gasteiger partial charge in [0.05, 0.1) is 34.9 Å². The van der Waals surface area contributed by atoms with Crippen molar-refractivity contribution in [2.75, 3.05) is 7.11 Å². The molecule has 2 aliphatic rings. The van der Waals surface area contributed by atoms with Crippen molar-refractivity contribution >= 4 is 35.8 Å². The molecule has 10 heteroatoms. The fraction of sp³-hybridized carbons (Fsp3) is 0.429. The second kappa shape index (κ2) is 10.2. The Bertz CT molecular complexity index is 1380. The summed E-state index contributed by atoms with van der Waals surface area (Å²) in [6.07, 6.45) is 3.28. The van der Waals surface area contributed by atoms with E-state index >= 15 is 0 Å². The SMILES string of the molecule is COc1ccc(Cn2nc(Oc3c(Cl)cc(B4OC(C)(C)C(C)(C)O4)cc3Cl)c3c(c2=O)CCCC3)cc1. The Labute approximate surface area is 233 Å². The van der Waals surface area contributed by atoms with Crippen molar-refractivity contribution in [2.24, 2.45) is 0 Å². The zero-order valence-electron chi connectivity index (χ0n) is 22.3. The van der Waals surface area contributed by atoms with E-state index in [1.807, 2.05) is 52.0 Å². The molecule has 3 aromatic rings. The number of hydrogen-bond donors (Lipinski definition) is 0. The molecule has 0 amide bonds. The van der Waals surface area contributed by atoms with Gasteiger partial charge in [0.1, 0.15) is 5.75 Å². The number of ether oxygens (including phenoxy) is 2. The molecule has 0 N–H and O–H groups in total. The molecule has 200 valence electrons. The minimum Gasteiger partial charge on any atom is -0.497 e. The first-order valence-electron chi connectivity index (χ1n) is 12.8. The molecule has 1 aliphatic heterocycles. The number of hydrogen-bond acceptors (Lipinski definition) is 6. The average molecular weight is 557 g/mol. The lowest BCUT2D eigenvalue weighted by molar-refractivity contribution is 0.00578. The van der Waals surface area contributed by atoms with Gasteiger partial charge in [-0.15, -0.1) is 5.10 Å². The third-order valence-electron chi connectivity index (χ3n) is 7.67. The van der Waals surface area contributed by atoms with Crippen LogP contribution in [0, 0.1) is 0 Å². The Kier molecular flexibility index (Phi) is 7.29. The van der Waals surface area contributed by atoms with Crippen LogP contribution in [0.2, 0.25) is 10.0 Å². The normalized spacial score (nSPS) is 17.8. The third kappa shape index (κ3) is 5.07. The van der Waals surface area contributed by atoms with E-state index in [0.717, 1.165) is 35.3 Å². The minimum atomic E-state index is -0.610. The molecule has 0 spiro atoms. The third-order valence-corrected chi connectivity index (χ3v) is 8.23. The van der Waals surface area contributed by atoms with Crippen LogP contribution in [-0.4, -0.2) is 35.2 Å². The maximum atomic E-state index is 13.3. The Morgan fingerprint density at radius 1 is 0.974 bits per heavy atom. The second-order valence-corrected chi connectivity index (χ2v) is 11.6. The summed E-state index contributed by atoms with van der Waals surface area (Å²) in [7, 11) is 1.01. The van der Waals surface area contributed by atoms with Gasteiger partial charge in [-0.1, -0.05) is 35.3 Å². The number of fused-ring (bicyclic) bond motifs is 1. The zero-order valence-corrected chi connectivity index (χ0v) is 23.8. The summed E-state index contributed by atoms with van der Waals surface area (Å²) in [5.74, 6) is 1.38. The van der Waals surface area contributed by atoms with E-state index in [-0.39, 0.29) is 11.3 Å². The van der Waals surface area contributed by atoms with Gasteiger partial charge < -0.3 is 18.8 Å². The molecule has 1 saturated heterocycles. The van der Waals surface area contributed by atoms with Gasteiger partial charge in [-0.25, -0.2) is 4.68 Å². The molecule has 0 radical (unpaired) electrons. The van der Waals surface area contributed by atoms with Crippen molar-refractivity contribution in [2.45, 2.75) is 71.1 Å². The van der Waals surface area contributed by atoms with Gasteiger partial charge in [0, 0.05) is 11.1 Å². The Morgan fingerprint density at radius 3 is 2.13 bits per heavy atom. The summed E-state index contributed by atoms with van der Waals surface area (Å²) >= 11 is 13.4. The Morgan fingerprint density at radius 2 is 1.55 bits per heavy atom. The van der Waals surface area contributed by atoms with E-state index in [1.165, 1.54) is 4.68 Å². The summed E-state index contributed by atoms with van der Waals surface area (Å²) in [5, 5.41) is 5.24. The van der Waals surface area contributed by atoms with Crippen molar-refractivity contribution in [1.82, 2.24) is 9.78 Å². The van der Waals surface area contributed by atoms with Crippen LogP contribution < -0.4 is 20.5 Å². The lowest BCUT2D eigenvalue weighted by Crippen LogP contribution is -2.41. The van der Waals surface area contributed by atoms with Crippen LogP contribution in [0.3, 0.4) is 0 Å². The van der Waals surface area contributed by atoms with Crippen LogP contribution in [0.4, 0.5) is 0 Å². The zero-order chi connectivity index (χ0) is 27.2. The smallest absolute Gasteiger partial charge is 0.494 e. The summed E-state index contributed by atoms with van der Waals surface area (Å²) in [5.41, 5.74) is 2.08. The largest absolute Gasteiger partial charge is 0.497 e. The topological polar surface area (TPSA) is 71.8 Å². The van der Waals surface area contributed by atoms with E-state index in [1.54, 1.807) is 19.2 Å². The lowest BCUT2D eigenvalue weighted by atomic mass is 9.79. The number of rotatable bonds is 6. The van der Waals surface area contributed by atoms with E-state index in [9.17, 15) is 4.79 Å². The standard InChI is InChI=1S/C28H31BCl2N2O5/c1-27(2)28(3,4)38-29(37-27)18-14-22(30)24(23(31)15-18)36-25-20-8-6-7-9-21(20)26(34)33(32-25)16-17-10-12-19(35-5)13-11-17/h10-15H,6-9,16H2,1-5H3. The summed E-state index contributed by atoms with van der Waals surface area (Å²) < 4.78 is 25.3. The maximum absolute atomic E-state index is 13.3. The van der Waals surface area contributed by atoms with Gasteiger partial charge in [0.15, 0.2) is 5.75 Å². The molecular formula is C28H31BCl2N2O5. The average Bonchev–Trinajstić information content (AvgIpc) is 3.10. The summed E-state index contributed by atoms with van der Waals surface area (Å²) in [6.45, 7) is 8.26. The first kappa shape index (κ1) is 27.1. The van der Waals surface area contributed by atoms with Crippen LogP contribution in [-0.2, 0) is 28.7 Å². The molecule has 1 fully saturated rings. The van der Waals surface area contributed by atoms with E-state index in [2.05, 4.69) is 5.10 Å². The maximum Gasteiger partial charge on any atom is 0.494 e. The second-order valence-electron chi connectivity index (χ2n) is 10.8. The Hall–Kier alpha value is -2.52. The number of methoxy groups -OCH3 is 1. The molecule has 5 rings (SSSR count). The molecule has 0 atom stereocenters. The van der Waals surface area contributed by atoms with Crippen molar-refractivity contribution in [3.63, 3.8) is 0 Å². The van der Waals surface area contributed by atoms with E-state index < -0.39 is 18.3 Å². The van der Waals surface area contributed by atoms with Crippen LogP contribution >= 0.6 is 23.2 Å². The quantitative estimate of drug-likeness (QED) is 0.369. The predicted octanol–water partition coefficient (Wildman–Crippen LogP) is 5.58. The molecule has 38 heavy (non-hydrogen) atoms. The highest BCUT2D eigenvalue weighted by Gasteiger charge is 2.52. The van der Waals surface area contributed by atoms with Gasteiger partial charge >= 0.3 is 7.12 Å². The van der Waals surface area contributed by atoms with Gasteiger partial charge in [-0.2, -0.15) is 0 Å². The van der Waals surface area contributed by atoms with Crippen LogP contribution in [0.25, 0.3) is 0 Å². The molecule has 2 aromatic carbocycles. The van der Waals surface area contributed by atoms with Gasteiger partial charge in [-0.05, 0) is 88.7 Å². The summed E-state index contributed by atoms with van der Waals surface area (Å²) in [4.78, 5) is 13.3. The van der Waals surface area contributed by atoms with E-state index in [4.69, 9.17) is 42.0 Å². The molecule has 2 heterocycles. The highest BCUT2D eigenvalue weighted by molar-refractivity contribution is 6.63. The molecule has 7 nitrogen and oxygen atoms in total. The number of halogens is 2. The molecule has 0 unspecified atom stereocenters. The fourth-order valence-electron chi connectivity index (χ4n) is 4.73. The monoisotopic (exact) mass is 556 g/mol. The van der Waals surface area contributed by atoms with Crippen molar-refractivity contribution in [3.8, 4) is 17.4 Å². The lowest BCUT2D eigenvalue weighted by Gasteiger charge is -2.32. The van der Waals surface area contributed by atoms with Crippen molar-refractivity contribution in [3.05, 3.63) is 73.5 Å². The molecular weight excluding hydrogens is 526 g/mol. The number of aromatic nitrogens is 2. The first-order chi connectivity index (χ1) is 18.0. The van der Waals surface area contributed by atoms with Crippen LogP contribution in [0.5, 0.6) is 17.4 Å².